The van der Waals surface area contributed by atoms with E-state index < -0.39 is 5.56 Å². The zero-order chi connectivity index (χ0) is 15.6. The summed E-state index contributed by atoms with van der Waals surface area (Å²) < 4.78 is 15.9. The normalized spacial score (nSPS) is 10.3. The predicted molar refractivity (Wildman–Crippen MR) is 84.3 cm³/mol. The summed E-state index contributed by atoms with van der Waals surface area (Å²) >= 11 is 1.72. The van der Waals surface area contributed by atoms with Crippen LogP contribution >= 0.6 is 22.6 Å². The second-order valence-corrected chi connectivity index (χ2v) is 5.01. The highest BCUT2D eigenvalue weighted by Crippen LogP contribution is 2.43. The monoisotopic (exact) mass is 404 g/mol. The Labute approximate surface area is 134 Å². The second-order valence-electron chi connectivity index (χ2n) is 3.93. The van der Waals surface area contributed by atoms with Gasteiger partial charge >= 0.3 is 0 Å². The van der Waals surface area contributed by atoms with Gasteiger partial charge in [0.25, 0.3) is 5.56 Å². The van der Waals surface area contributed by atoms with Crippen molar-refractivity contribution in [3.63, 3.8) is 0 Å². The minimum atomic E-state index is -0.435. The average molecular weight is 404 g/mol. The summed E-state index contributed by atoms with van der Waals surface area (Å²) in [6, 6.07) is 3.32. The number of aromatic nitrogens is 2. The van der Waals surface area contributed by atoms with Crippen molar-refractivity contribution >= 4 is 22.6 Å². The van der Waals surface area contributed by atoms with E-state index in [2.05, 4.69) is 9.97 Å². The Balaban J connectivity index is 2.72. The molecule has 8 heteroatoms. The molecule has 0 atom stereocenters. The SMILES string of the molecule is COc1ccc(-c2nc(O)c(I)c(=O)[nH]2)c(OC)c1OC. The maximum absolute atomic E-state index is 11.8. The molecule has 7 nitrogen and oxygen atoms in total. The summed E-state index contributed by atoms with van der Waals surface area (Å²) in [6.07, 6.45) is 0. The summed E-state index contributed by atoms with van der Waals surface area (Å²) in [4.78, 5) is 18.3. The first-order chi connectivity index (χ1) is 10.0. The summed E-state index contributed by atoms with van der Waals surface area (Å²) in [5.74, 6) is 1.04. The van der Waals surface area contributed by atoms with E-state index in [9.17, 15) is 9.90 Å². The Morgan fingerprint density at radius 3 is 2.33 bits per heavy atom. The lowest BCUT2D eigenvalue weighted by atomic mass is 10.1. The molecule has 0 unspecified atom stereocenters. The van der Waals surface area contributed by atoms with E-state index in [4.69, 9.17) is 14.2 Å². The number of nitrogens with zero attached hydrogens (tertiary/aromatic N) is 1. The number of H-pyrrole nitrogens is 1. The molecule has 2 aromatic rings. The van der Waals surface area contributed by atoms with Gasteiger partial charge in [-0.1, -0.05) is 0 Å². The number of nitrogens with one attached hydrogen (secondary N) is 1. The number of hydrogen-bond donors (Lipinski definition) is 2. The Bertz CT molecular complexity index is 729. The van der Waals surface area contributed by atoms with E-state index in [0.717, 1.165) is 0 Å². The first kappa shape index (κ1) is 15.4. The van der Waals surface area contributed by atoms with E-state index >= 15 is 0 Å². The minimum absolute atomic E-state index is 0.121. The van der Waals surface area contributed by atoms with Gasteiger partial charge in [0.2, 0.25) is 11.6 Å². The maximum Gasteiger partial charge on any atom is 0.268 e. The van der Waals surface area contributed by atoms with Crippen molar-refractivity contribution < 1.29 is 19.3 Å². The molecule has 112 valence electrons. The van der Waals surface area contributed by atoms with Crippen LogP contribution in [0.15, 0.2) is 16.9 Å². The Kier molecular flexibility index (Phi) is 4.56. The van der Waals surface area contributed by atoms with Crippen LogP contribution < -0.4 is 19.8 Å². The molecule has 0 aliphatic heterocycles. The van der Waals surface area contributed by atoms with Crippen LogP contribution in [0.3, 0.4) is 0 Å². The molecule has 0 aliphatic carbocycles. The van der Waals surface area contributed by atoms with Crippen molar-refractivity contribution in [2.24, 2.45) is 0 Å². The van der Waals surface area contributed by atoms with Crippen LogP contribution in [0.1, 0.15) is 0 Å². The molecule has 0 bridgehead atoms. The van der Waals surface area contributed by atoms with Crippen LogP contribution in [0.4, 0.5) is 0 Å². The van der Waals surface area contributed by atoms with Crippen molar-refractivity contribution in [2.45, 2.75) is 0 Å². The van der Waals surface area contributed by atoms with Crippen LogP contribution in [0.2, 0.25) is 0 Å². The fourth-order valence-corrected chi connectivity index (χ4v) is 2.12. The molecule has 1 heterocycles. The highest BCUT2D eigenvalue weighted by molar-refractivity contribution is 14.1. The van der Waals surface area contributed by atoms with Crippen LogP contribution in [-0.4, -0.2) is 36.4 Å². The summed E-state index contributed by atoms with van der Waals surface area (Å²) in [7, 11) is 4.45. The summed E-state index contributed by atoms with van der Waals surface area (Å²) in [5, 5.41) is 9.70. The summed E-state index contributed by atoms with van der Waals surface area (Å²) in [5.41, 5.74) is 0.0360. The van der Waals surface area contributed by atoms with Crippen molar-refractivity contribution in [1.82, 2.24) is 9.97 Å². The number of aromatic amines is 1. The first-order valence-electron chi connectivity index (χ1n) is 5.81. The fourth-order valence-electron chi connectivity index (χ4n) is 1.86. The lowest BCUT2D eigenvalue weighted by Gasteiger charge is -2.15. The largest absolute Gasteiger partial charge is 0.493 e. The first-order valence-corrected chi connectivity index (χ1v) is 6.89. The third-order valence-corrected chi connectivity index (χ3v) is 3.78. The van der Waals surface area contributed by atoms with Crippen molar-refractivity contribution in [3.05, 3.63) is 26.1 Å². The number of halogens is 1. The molecular weight excluding hydrogens is 391 g/mol. The van der Waals surface area contributed by atoms with Crippen LogP contribution in [0, 0.1) is 3.57 Å². The van der Waals surface area contributed by atoms with Gasteiger partial charge in [-0.05, 0) is 34.7 Å². The molecule has 2 N–H and O–H groups in total. The molecule has 1 aromatic heterocycles. The molecule has 0 aliphatic rings. The van der Waals surface area contributed by atoms with E-state index in [1.54, 1.807) is 34.7 Å². The molecule has 0 spiro atoms. The number of benzene rings is 1. The molecule has 2 rings (SSSR count). The van der Waals surface area contributed by atoms with E-state index in [1.165, 1.54) is 21.3 Å². The highest BCUT2D eigenvalue weighted by Gasteiger charge is 2.19. The molecule has 0 amide bonds. The van der Waals surface area contributed by atoms with Gasteiger partial charge in [0.15, 0.2) is 11.5 Å². The van der Waals surface area contributed by atoms with Gasteiger partial charge in [0.05, 0.1) is 26.9 Å². The number of ether oxygens (including phenoxy) is 3. The topological polar surface area (TPSA) is 93.7 Å². The standard InChI is InChI=1S/C13H13IN2O5/c1-19-7-5-4-6(9(20-2)10(7)21-3)11-15-12(17)8(14)13(18)16-11/h4-5H,1-3H3,(H2,15,16,17,18). The molecule has 0 radical (unpaired) electrons. The van der Waals surface area contributed by atoms with Crippen LogP contribution in [0.5, 0.6) is 23.1 Å². The zero-order valence-electron chi connectivity index (χ0n) is 11.6. The number of rotatable bonds is 4. The van der Waals surface area contributed by atoms with E-state index in [-0.39, 0.29) is 15.3 Å². The Morgan fingerprint density at radius 2 is 1.81 bits per heavy atom. The van der Waals surface area contributed by atoms with Crippen molar-refractivity contribution in [2.75, 3.05) is 21.3 Å². The fraction of sp³-hybridized carbons (Fsp3) is 0.231. The molecular formula is C13H13IN2O5. The van der Waals surface area contributed by atoms with Gasteiger partial charge in [-0.3, -0.25) is 4.79 Å². The lowest BCUT2D eigenvalue weighted by molar-refractivity contribution is 0.325. The van der Waals surface area contributed by atoms with E-state index in [1.807, 2.05) is 0 Å². The number of hydrogen-bond acceptors (Lipinski definition) is 6. The average Bonchev–Trinajstić information content (AvgIpc) is 2.50. The molecule has 0 saturated carbocycles. The smallest absolute Gasteiger partial charge is 0.268 e. The zero-order valence-corrected chi connectivity index (χ0v) is 13.7. The molecule has 1 aromatic carbocycles. The highest BCUT2D eigenvalue weighted by atomic mass is 127. The van der Waals surface area contributed by atoms with Gasteiger partial charge in [-0.15, -0.1) is 0 Å². The minimum Gasteiger partial charge on any atom is -0.493 e. The molecule has 21 heavy (non-hydrogen) atoms. The van der Waals surface area contributed by atoms with Gasteiger partial charge in [-0.2, -0.15) is 4.98 Å². The quantitative estimate of drug-likeness (QED) is 0.755. The predicted octanol–water partition coefficient (Wildman–Crippen LogP) is 1.77. The third kappa shape index (κ3) is 2.75. The van der Waals surface area contributed by atoms with Gasteiger partial charge in [0.1, 0.15) is 9.39 Å². The molecule has 0 saturated heterocycles. The van der Waals surface area contributed by atoms with E-state index in [0.29, 0.717) is 22.8 Å². The van der Waals surface area contributed by atoms with Gasteiger partial charge in [0, 0.05) is 0 Å². The third-order valence-electron chi connectivity index (χ3n) is 2.80. The van der Waals surface area contributed by atoms with Gasteiger partial charge in [-0.25, -0.2) is 0 Å². The second kappa shape index (κ2) is 6.20. The number of methoxy groups -OCH3 is 3. The lowest BCUT2D eigenvalue weighted by Crippen LogP contribution is -2.12. The van der Waals surface area contributed by atoms with Crippen molar-refractivity contribution in [3.8, 4) is 34.5 Å². The summed E-state index contributed by atoms with van der Waals surface area (Å²) in [6.45, 7) is 0. The Hall–Kier alpha value is -1.97. The number of aromatic hydroxyl groups is 1. The van der Waals surface area contributed by atoms with Crippen LogP contribution in [0.25, 0.3) is 11.4 Å². The van der Waals surface area contributed by atoms with Crippen LogP contribution in [-0.2, 0) is 0 Å². The van der Waals surface area contributed by atoms with Gasteiger partial charge < -0.3 is 24.3 Å². The maximum atomic E-state index is 11.8. The molecule has 0 fully saturated rings. The Morgan fingerprint density at radius 1 is 1.14 bits per heavy atom. The van der Waals surface area contributed by atoms with Crippen molar-refractivity contribution in [1.29, 1.82) is 0 Å².